The van der Waals surface area contributed by atoms with Crippen molar-refractivity contribution >= 4 is 32.4 Å². The van der Waals surface area contributed by atoms with Gasteiger partial charge in [0.05, 0.1) is 16.1 Å². The van der Waals surface area contributed by atoms with Crippen LogP contribution in [0, 0.1) is 0 Å². The van der Waals surface area contributed by atoms with Crippen LogP contribution in [0.4, 0.5) is 15.9 Å². The molecule has 0 bridgehead atoms. The monoisotopic (exact) mass is 393 g/mol. The first-order valence-electron chi connectivity index (χ1n) is 8.26. The zero-order valence-electron chi connectivity index (χ0n) is 14.4. The van der Waals surface area contributed by atoms with E-state index in [1.165, 1.54) is 12.1 Å². The van der Waals surface area contributed by atoms with Crippen molar-refractivity contribution in [3.8, 4) is 5.75 Å². The number of halogens is 1. The molecular weight excluding hydrogens is 373 g/mol. The van der Waals surface area contributed by atoms with Crippen molar-refractivity contribution < 1.29 is 17.5 Å². The third-order valence-corrected chi connectivity index (χ3v) is 5.17. The molecule has 0 unspecified atom stereocenters. The Bertz CT molecular complexity index is 1020. The van der Waals surface area contributed by atoms with Gasteiger partial charge in [0.25, 0.3) is 10.0 Å². The lowest BCUT2D eigenvalue weighted by molar-refractivity contribution is 0.310. The molecule has 10 heteroatoms. The van der Waals surface area contributed by atoms with Crippen LogP contribution < -0.4 is 20.5 Å². The number of para-hydroxylation sites is 1. The number of rotatable bonds is 9. The highest BCUT2D eigenvalue weighted by atomic mass is 32.2. The number of hydrogen-bond acceptors (Lipinski definition) is 6. The van der Waals surface area contributed by atoms with Gasteiger partial charge in [0, 0.05) is 24.5 Å². The highest BCUT2D eigenvalue weighted by Gasteiger charge is 2.17. The fraction of sp³-hybridized carbons (Fsp3) is 0.235. The van der Waals surface area contributed by atoms with Crippen LogP contribution in [-0.4, -0.2) is 45.0 Å². The summed E-state index contributed by atoms with van der Waals surface area (Å²) in [7, 11) is -3.84. The molecule has 5 N–H and O–H groups in total. The zero-order chi connectivity index (χ0) is 19.3. The Morgan fingerprint density at radius 3 is 2.81 bits per heavy atom. The first-order chi connectivity index (χ1) is 13.0. The molecule has 0 aliphatic rings. The summed E-state index contributed by atoms with van der Waals surface area (Å²) in [6.45, 7) is 0.561. The second kappa shape index (κ2) is 8.23. The number of nitrogen functional groups attached to an aromatic ring is 1. The molecule has 0 saturated carbocycles. The van der Waals surface area contributed by atoms with E-state index in [0.717, 1.165) is 0 Å². The lowest BCUT2D eigenvalue weighted by Gasteiger charge is -2.11. The van der Waals surface area contributed by atoms with Gasteiger partial charge in [-0.1, -0.05) is 12.1 Å². The van der Waals surface area contributed by atoms with Gasteiger partial charge >= 0.3 is 0 Å². The number of hydrogen-bond donors (Lipinski definition) is 4. The number of benzene rings is 2. The third kappa shape index (κ3) is 4.47. The van der Waals surface area contributed by atoms with Gasteiger partial charge in [0.2, 0.25) is 0 Å². The van der Waals surface area contributed by atoms with Crippen molar-refractivity contribution in [2.75, 3.05) is 36.8 Å². The maximum Gasteiger partial charge on any atom is 0.262 e. The van der Waals surface area contributed by atoms with Gasteiger partial charge < -0.3 is 15.8 Å². The van der Waals surface area contributed by atoms with Gasteiger partial charge in [-0.05, 0) is 24.3 Å². The van der Waals surface area contributed by atoms with E-state index in [0.29, 0.717) is 41.3 Å². The molecule has 0 spiro atoms. The number of ether oxygens (including phenoxy) is 1. The largest absolute Gasteiger partial charge is 0.492 e. The molecule has 0 saturated heterocycles. The second-order valence-corrected chi connectivity index (χ2v) is 7.39. The summed E-state index contributed by atoms with van der Waals surface area (Å²) in [5.41, 5.74) is 6.61. The van der Waals surface area contributed by atoms with E-state index < -0.39 is 16.7 Å². The van der Waals surface area contributed by atoms with Crippen molar-refractivity contribution in [3.05, 3.63) is 42.5 Å². The minimum atomic E-state index is -3.84. The van der Waals surface area contributed by atoms with E-state index in [4.69, 9.17) is 10.5 Å². The zero-order valence-corrected chi connectivity index (χ0v) is 15.2. The van der Waals surface area contributed by atoms with E-state index in [9.17, 15) is 12.8 Å². The number of nitrogens with zero attached hydrogens (tertiary/aromatic N) is 1. The van der Waals surface area contributed by atoms with Crippen molar-refractivity contribution in [3.63, 3.8) is 0 Å². The molecule has 0 fully saturated rings. The van der Waals surface area contributed by atoms with E-state index in [2.05, 4.69) is 20.2 Å². The predicted octanol–water partition coefficient (Wildman–Crippen LogP) is 1.88. The lowest BCUT2D eigenvalue weighted by Crippen LogP contribution is -2.23. The maximum absolute atomic E-state index is 12.7. The van der Waals surface area contributed by atoms with Crippen LogP contribution in [0.25, 0.3) is 10.9 Å². The van der Waals surface area contributed by atoms with Crippen LogP contribution in [0.1, 0.15) is 0 Å². The van der Waals surface area contributed by atoms with Crippen LogP contribution in [0.5, 0.6) is 5.75 Å². The minimum absolute atomic E-state index is 0.0567. The highest BCUT2D eigenvalue weighted by molar-refractivity contribution is 7.92. The Morgan fingerprint density at radius 2 is 2.00 bits per heavy atom. The molecule has 0 aliphatic heterocycles. The molecule has 27 heavy (non-hydrogen) atoms. The quantitative estimate of drug-likeness (QED) is 0.412. The molecule has 8 nitrogen and oxygen atoms in total. The van der Waals surface area contributed by atoms with Crippen LogP contribution >= 0.6 is 0 Å². The van der Waals surface area contributed by atoms with E-state index in [1.54, 1.807) is 30.3 Å². The average molecular weight is 393 g/mol. The first kappa shape index (κ1) is 18.9. The Labute approximate surface area is 156 Å². The Balaban J connectivity index is 1.75. The normalized spacial score (nSPS) is 11.6. The van der Waals surface area contributed by atoms with Crippen LogP contribution in [0.15, 0.2) is 47.4 Å². The number of alkyl halides is 1. The molecule has 3 aromatic rings. The van der Waals surface area contributed by atoms with E-state index in [-0.39, 0.29) is 11.4 Å². The molecule has 0 amide bonds. The summed E-state index contributed by atoms with van der Waals surface area (Å²) in [6.07, 6.45) is 0. The number of fused-ring (bicyclic) bond motifs is 1. The smallest absolute Gasteiger partial charge is 0.262 e. The number of aromatic amines is 1. The van der Waals surface area contributed by atoms with E-state index in [1.807, 2.05) is 0 Å². The summed E-state index contributed by atoms with van der Waals surface area (Å²) in [5, 5.41) is 10.1. The Morgan fingerprint density at radius 1 is 1.19 bits per heavy atom. The number of nitrogens with one attached hydrogen (secondary N) is 3. The topological polar surface area (TPSA) is 122 Å². The SMILES string of the molecule is Nc1n[nH]c2c(NS(=O)(=O)c3cccc(OCCNCCF)c3)cccc12. The fourth-order valence-corrected chi connectivity index (χ4v) is 3.62. The van der Waals surface area contributed by atoms with Crippen LogP contribution in [-0.2, 0) is 10.0 Å². The number of sulfonamides is 1. The highest BCUT2D eigenvalue weighted by Crippen LogP contribution is 2.27. The summed E-state index contributed by atoms with van der Waals surface area (Å²) >= 11 is 0. The van der Waals surface area contributed by atoms with Gasteiger partial charge in [-0.3, -0.25) is 9.82 Å². The fourth-order valence-electron chi connectivity index (χ4n) is 2.52. The standard InChI is InChI=1S/C17H20FN5O3S/c18-7-8-20-9-10-26-12-3-1-4-13(11-12)27(24,25)23-15-6-2-5-14-16(15)21-22-17(14)19/h1-6,11,20,23H,7-10H2,(H3,19,21,22). The Kier molecular flexibility index (Phi) is 5.77. The molecule has 3 rings (SSSR count). The molecule has 1 heterocycles. The van der Waals surface area contributed by atoms with Gasteiger partial charge in [0.1, 0.15) is 19.0 Å². The van der Waals surface area contributed by atoms with Crippen molar-refractivity contribution in [2.45, 2.75) is 4.90 Å². The van der Waals surface area contributed by atoms with Crippen molar-refractivity contribution in [2.24, 2.45) is 0 Å². The van der Waals surface area contributed by atoms with Gasteiger partial charge in [0.15, 0.2) is 5.82 Å². The Hall–Kier alpha value is -2.85. The lowest BCUT2D eigenvalue weighted by atomic mass is 10.2. The van der Waals surface area contributed by atoms with Crippen LogP contribution in [0.2, 0.25) is 0 Å². The third-order valence-electron chi connectivity index (χ3n) is 3.81. The van der Waals surface area contributed by atoms with Crippen LogP contribution in [0.3, 0.4) is 0 Å². The molecule has 144 valence electrons. The summed E-state index contributed by atoms with van der Waals surface area (Å²) < 4.78 is 45.5. The molecule has 1 aromatic heterocycles. The van der Waals surface area contributed by atoms with Crippen molar-refractivity contribution in [1.29, 1.82) is 0 Å². The molecule has 2 aromatic carbocycles. The number of nitrogens with two attached hydrogens (primary N) is 1. The average Bonchev–Trinajstić information content (AvgIpc) is 3.04. The van der Waals surface area contributed by atoms with E-state index >= 15 is 0 Å². The van der Waals surface area contributed by atoms with Gasteiger partial charge in [-0.25, -0.2) is 12.8 Å². The summed E-state index contributed by atoms with van der Waals surface area (Å²) in [4.78, 5) is 0.0567. The number of H-pyrrole nitrogens is 1. The molecule has 0 radical (unpaired) electrons. The molecule has 0 aliphatic carbocycles. The number of anilines is 2. The van der Waals surface area contributed by atoms with Gasteiger partial charge in [-0.15, -0.1) is 0 Å². The maximum atomic E-state index is 12.7. The minimum Gasteiger partial charge on any atom is -0.492 e. The summed E-state index contributed by atoms with van der Waals surface area (Å²) in [5.74, 6) is 0.701. The second-order valence-electron chi connectivity index (χ2n) is 5.70. The van der Waals surface area contributed by atoms with Gasteiger partial charge in [-0.2, -0.15) is 5.10 Å². The van der Waals surface area contributed by atoms with Crippen molar-refractivity contribution in [1.82, 2.24) is 15.5 Å². The molecule has 0 atom stereocenters. The summed E-state index contributed by atoms with van der Waals surface area (Å²) in [6, 6.07) is 11.2. The first-order valence-corrected chi connectivity index (χ1v) is 9.74. The number of aromatic nitrogens is 2. The molecular formula is C17H20FN5O3S. The predicted molar refractivity (Wildman–Crippen MR) is 102 cm³/mol.